The summed E-state index contributed by atoms with van der Waals surface area (Å²) >= 11 is 0. The molecule has 130 valence electrons. The maximum atomic E-state index is 12.4. The van der Waals surface area contributed by atoms with Crippen molar-refractivity contribution in [3.05, 3.63) is 18.0 Å². The first-order chi connectivity index (χ1) is 11.7. The average molecular weight is 334 g/mol. The van der Waals surface area contributed by atoms with Crippen molar-refractivity contribution in [2.24, 2.45) is 0 Å². The number of hydrogen-bond acceptors (Lipinski definition) is 6. The summed E-state index contributed by atoms with van der Waals surface area (Å²) in [4.78, 5) is 35.4. The standard InChI is InChI=1S/C16H22N4O4/c1-2-12-8-17-15(18-9-12)24-13-4-3-5-19(10-13)14(21)11-20-6-7-23-16(20)22/h8-9,13H,2-7,10-11H2,1H3. The summed E-state index contributed by atoms with van der Waals surface area (Å²) in [6.07, 6.45) is 5.56. The Morgan fingerprint density at radius 2 is 2.17 bits per heavy atom. The van der Waals surface area contributed by atoms with Crippen LogP contribution in [0.25, 0.3) is 0 Å². The summed E-state index contributed by atoms with van der Waals surface area (Å²) in [7, 11) is 0. The van der Waals surface area contributed by atoms with Crippen LogP contribution in [-0.4, -0.2) is 70.7 Å². The maximum Gasteiger partial charge on any atom is 0.410 e. The van der Waals surface area contributed by atoms with Gasteiger partial charge in [-0.1, -0.05) is 6.92 Å². The van der Waals surface area contributed by atoms with Crippen molar-refractivity contribution < 1.29 is 19.1 Å². The van der Waals surface area contributed by atoms with Gasteiger partial charge in [0.15, 0.2) is 0 Å². The molecule has 2 amide bonds. The number of likely N-dealkylation sites (tertiary alicyclic amines) is 1. The Kier molecular flexibility index (Phi) is 5.12. The zero-order chi connectivity index (χ0) is 16.9. The highest BCUT2D eigenvalue weighted by Crippen LogP contribution is 2.16. The molecule has 2 aliphatic heterocycles. The Morgan fingerprint density at radius 1 is 1.38 bits per heavy atom. The predicted octanol–water partition coefficient (Wildman–Crippen LogP) is 0.861. The Morgan fingerprint density at radius 3 is 2.83 bits per heavy atom. The zero-order valence-corrected chi connectivity index (χ0v) is 13.8. The van der Waals surface area contributed by atoms with E-state index in [-0.39, 0.29) is 18.6 Å². The van der Waals surface area contributed by atoms with Crippen LogP contribution in [0, 0.1) is 0 Å². The molecule has 24 heavy (non-hydrogen) atoms. The minimum atomic E-state index is -0.419. The van der Waals surface area contributed by atoms with Gasteiger partial charge in [-0.2, -0.15) is 0 Å². The molecule has 0 radical (unpaired) electrons. The molecule has 8 heteroatoms. The molecule has 3 heterocycles. The smallest absolute Gasteiger partial charge is 0.410 e. The van der Waals surface area contributed by atoms with Crippen molar-refractivity contribution in [2.75, 3.05) is 32.8 Å². The Hall–Kier alpha value is -2.38. The average Bonchev–Trinajstić information content (AvgIpc) is 3.00. The number of hydrogen-bond donors (Lipinski definition) is 0. The minimum absolute atomic E-state index is 0.0627. The second-order valence-corrected chi connectivity index (χ2v) is 5.99. The number of rotatable bonds is 5. The highest BCUT2D eigenvalue weighted by atomic mass is 16.6. The van der Waals surface area contributed by atoms with Gasteiger partial charge in [-0.25, -0.2) is 14.8 Å². The molecule has 0 saturated carbocycles. The number of aryl methyl sites for hydroxylation is 1. The fraction of sp³-hybridized carbons (Fsp3) is 0.625. The summed E-state index contributed by atoms with van der Waals surface area (Å²) in [6, 6.07) is 0.342. The van der Waals surface area contributed by atoms with Crippen molar-refractivity contribution in [1.82, 2.24) is 19.8 Å². The number of carbonyl (C=O) groups is 2. The molecule has 0 aliphatic carbocycles. The van der Waals surface area contributed by atoms with Gasteiger partial charge in [0, 0.05) is 18.9 Å². The molecule has 0 N–H and O–H groups in total. The van der Waals surface area contributed by atoms with Gasteiger partial charge in [-0.3, -0.25) is 9.69 Å². The summed E-state index contributed by atoms with van der Waals surface area (Å²) in [5.41, 5.74) is 1.06. The summed E-state index contributed by atoms with van der Waals surface area (Å²) in [5, 5.41) is 0. The summed E-state index contributed by atoms with van der Waals surface area (Å²) < 4.78 is 10.7. The molecular formula is C16H22N4O4. The third-order valence-corrected chi connectivity index (χ3v) is 4.26. The van der Waals surface area contributed by atoms with E-state index in [1.54, 1.807) is 17.3 Å². The van der Waals surface area contributed by atoms with Crippen LogP contribution < -0.4 is 4.74 Å². The third kappa shape index (κ3) is 3.93. The molecule has 1 aromatic heterocycles. The maximum absolute atomic E-state index is 12.4. The predicted molar refractivity (Wildman–Crippen MR) is 84.6 cm³/mol. The lowest BCUT2D eigenvalue weighted by Crippen LogP contribution is -2.48. The minimum Gasteiger partial charge on any atom is -0.458 e. The molecule has 3 rings (SSSR count). The first-order valence-electron chi connectivity index (χ1n) is 8.32. The van der Waals surface area contributed by atoms with Gasteiger partial charge < -0.3 is 14.4 Å². The van der Waals surface area contributed by atoms with Crippen LogP contribution in [0.2, 0.25) is 0 Å². The summed E-state index contributed by atoms with van der Waals surface area (Å²) in [6.45, 7) is 4.09. The van der Waals surface area contributed by atoms with Crippen LogP contribution >= 0.6 is 0 Å². The summed E-state index contributed by atoms with van der Waals surface area (Å²) in [5.74, 6) is -0.0793. The second-order valence-electron chi connectivity index (χ2n) is 5.99. The molecule has 0 spiro atoms. The van der Waals surface area contributed by atoms with E-state index in [2.05, 4.69) is 9.97 Å². The fourth-order valence-electron chi connectivity index (χ4n) is 2.83. The first kappa shape index (κ1) is 16.5. The Bertz CT molecular complexity index is 592. The number of carbonyl (C=O) groups excluding carboxylic acids is 2. The van der Waals surface area contributed by atoms with Gasteiger partial charge in [0.2, 0.25) is 5.91 Å². The highest BCUT2D eigenvalue weighted by Gasteiger charge is 2.30. The van der Waals surface area contributed by atoms with Gasteiger partial charge in [0.25, 0.3) is 0 Å². The van der Waals surface area contributed by atoms with Crippen LogP contribution in [0.3, 0.4) is 0 Å². The van der Waals surface area contributed by atoms with E-state index in [0.29, 0.717) is 32.3 Å². The number of nitrogens with zero attached hydrogens (tertiary/aromatic N) is 4. The number of aromatic nitrogens is 2. The molecule has 1 atom stereocenters. The van der Waals surface area contributed by atoms with Gasteiger partial charge in [0.05, 0.1) is 13.1 Å². The Balaban J connectivity index is 1.53. The third-order valence-electron chi connectivity index (χ3n) is 4.26. The van der Waals surface area contributed by atoms with Crippen molar-refractivity contribution in [1.29, 1.82) is 0 Å². The van der Waals surface area contributed by atoms with Gasteiger partial charge >= 0.3 is 12.1 Å². The Labute approximate surface area is 140 Å². The van der Waals surface area contributed by atoms with Crippen LogP contribution in [0.5, 0.6) is 6.01 Å². The molecule has 8 nitrogen and oxygen atoms in total. The molecule has 2 fully saturated rings. The quantitative estimate of drug-likeness (QED) is 0.794. The number of cyclic esters (lactones) is 1. The van der Waals surface area contributed by atoms with Gasteiger partial charge in [-0.15, -0.1) is 0 Å². The molecule has 2 saturated heterocycles. The van der Waals surface area contributed by atoms with Crippen molar-refractivity contribution in [3.8, 4) is 6.01 Å². The monoisotopic (exact) mass is 334 g/mol. The fourth-order valence-corrected chi connectivity index (χ4v) is 2.83. The van der Waals surface area contributed by atoms with Gasteiger partial charge in [0.1, 0.15) is 19.3 Å². The van der Waals surface area contributed by atoms with E-state index in [9.17, 15) is 9.59 Å². The zero-order valence-electron chi connectivity index (χ0n) is 13.8. The largest absolute Gasteiger partial charge is 0.458 e. The SMILES string of the molecule is CCc1cnc(OC2CCCN(C(=O)CN3CCOC3=O)C2)nc1. The number of ether oxygens (including phenoxy) is 2. The molecule has 1 aromatic rings. The van der Waals surface area contributed by atoms with E-state index in [0.717, 1.165) is 24.8 Å². The van der Waals surface area contributed by atoms with E-state index in [1.807, 2.05) is 6.92 Å². The lowest BCUT2D eigenvalue weighted by atomic mass is 10.1. The highest BCUT2D eigenvalue weighted by molar-refractivity contribution is 5.83. The van der Waals surface area contributed by atoms with Crippen molar-refractivity contribution in [2.45, 2.75) is 32.3 Å². The molecule has 0 bridgehead atoms. The molecule has 2 aliphatic rings. The number of piperidine rings is 1. The molecular weight excluding hydrogens is 312 g/mol. The number of amides is 2. The normalized spacial score (nSPS) is 20.9. The topological polar surface area (TPSA) is 84.9 Å². The van der Waals surface area contributed by atoms with Crippen LogP contribution in [0.1, 0.15) is 25.3 Å². The van der Waals surface area contributed by atoms with Crippen LogP contribution in [-0.2, 0) is 16.0 Å². The van der Waals surface area contributed by atoms with E-state index in [1.165, 1.54) is 4.90 Å². The van der Waals surface area contributed by atoms with Gasteiger partial charge in [-0.05, 0) is 24.8 Å². The van der Waals surface area contributed by atoms with Crippen LogP contribution in [0.15, 0.2) is 12.4 Å². The van der Waals surface area contributed by atoms with Crippen molar-refractivity contribution in [3.63, 3.8) is 0 Å². The van der Waals surface area contributed by atoms with E-state index >= 15 is 0 Å². The molecule has 0 aromatic carbocycles. The molecule has 1 unspecified atom stereocenters. The lowest BCUT2D eigenvalue weighted by Gasteiger charge is -2.33. The second kappa shape index (κ2) is 7.46. The van der Waals surface area contributed by atoms with Crippen molar-refractivity contribution >= 4 is 12.0 Å². The van der Waals surface area contributed by atoms with Crippen LogP contribution in [0.4, 0.5) is 4.79 Å². The first-order valence-corrected chi connectivity index (χ1v) is 8.32. The van der Waals surface area contributed by atoms with E-state index < -0.39 is 6.09 Å². The lowest BCUT2D eigenvalue weighted by molar-refractivity contribution is -0.134. The van der Waals surface area contributed by atoms with E-state index in [4.69, 9.17) is 9.47 Å².